The third kappa shape index (κ3) is 5.11. The van der Waals surface area contributed by atoms with Gasteiger partial charge in [0.25, 0.3) is 5.91 Å². The van der Waals surface area contributed by atoms with Crippen LogP contribution in [0.3, 0.4) is 0 Å². The summed E-state index contributed by atoms with van der Waals surface area (Å²) in [6.45, 7) is 6.48. The van der Waals surface area contributed by atoms with E-state index in [-0.39, 0.29) is 12.5 Å². The SMILES string of the molecule is Cc1cc(OCC(=O)N2CCCCC2CCN2CCCC2)ccc1Cl. The first-order valence-corrected chi connectivity index (χ1v) is 9.92. The second-order valence-electron chi connectivity index (χ2n) is 7.27. The van der Waals surface area contributed by atoms with Gasteiger partial charge in [-0.05, 0) is 82.3 Å². The monoisotopic (exact) mass is 364 g/mol. The number of ether oxygens (including phenoxy) is 1. The summed E-state index contributed by atoms with van der Waals surface area (Å²) in [4.78, 5) is 17.3. The van der Waals surface area contributed by atoms with Crippen molar-refractivity contribution in [3.05, 3.63) is 28.8 Å². The number of hydrogen-bond donors (Lipinski definition) is 0. The van der Waals surface area contributed by atoms with Crippen molar-refractivity contribution < 1.29 is 9.53 Å². The van der Waals surface area contributed by atoms with E-state index in [1.165, 1.54) is 32.4 Å². The summed E-state index contributed by atoms with van der Waals surface area (Å²) in [5.41, 5.74) is 0.966. The molecule has 0 radical (unpaired) electrons. The van der Waals surface area contributed by atoms with E-state index >= 15 is 0 Å². The van der Waals surface area contributed by atoms with Gasteiger partial charge in [0.2, 0.25) is 0 Å². The molecule has 2 aliphatic heterocycles. The second kappa shape index (κ2) is 8.91. The van der Waals surface area contributed by atoms with E-state index in [4.69, 9.17) is 16.3 Å². The van der Waals surface area contributed by atoms with Gasteiger partial charge in [0.15, 0.2) is 6.61 Å². The summed E-state index contributed by atoms with van der Waals surface area (Å²) in [5.74, 6) is 0.819. The predicted molar refractivity (Wildman–Crippen MR) is 101 cm³/mol. The zero-order valence-corrected chi connectivity index (χ0v) is 15.9. The van der Waals surface area contributed by atoms with Crippen LogP contribution >= 0.6 is 11.6 Å². The molecular formula is C20H29ClN2O2. The van der Waals surface area contributed by atoms with Gasteiger partial charge in [0.05, 0.1) is 0 Å². The number of piperidine rings is 1. The van der Waals surface area contributed by atoms with Crippen molar-refractivity contribution in [2.75, 3.05) is 32.8 Å². The van der Waals surface area contributed by atoms with Gasteiger partial charge in [0.1, 0.15) is 5.75 Å². The topological polar surface area (TPSA) is 32.8 Å². The smallest absolute Gasteiger partial charge is 0.260 e. The quantitative estimate of drug-likeness (QED) is 0.767. The van der Waals surface area contributed by atoms with Crippen LogP contribution < -0.4 is 4.74 Å². The van der Waals surface area contributed by atoms with Crippen molar-refractivity contribution in [1.29, 1.82) is 0 Å². The maximum Gasteiger partial charge on any atom is 0.260 e. The molecule has 1 aromatic rings. The molecule has 2 heterocycles. The molecule has 0 bridgehead atoms. The normalized spacial score (nSPS) is 21.5. The molecule has 0 aliphatic carbocycles. The largest absolute Gasteiger partial charge is 0.484 e. The van der Waals surface area contributed by atoms with Crippen molar-refractivity contribution in [2.45, 2.75) is 51.5 Å². The molecular weight excluding hydrogens is 336 g/mol. The lowest BCUT2D eigenvalue weighted by Crippen LogP contribution is -2.47. The van der Waals surface area contributed by atoms with Crippen LogP contribution in [0.5, 0.6) is 5.75 Å². The highest BCUT2D eigenvalue weighted by molar-refractivity contribution is 6.31. The van der Waals surface area contributed by atoms with Gasteiger partial charge in [-0.15, -0.1) is 0 Å². The first kappa shape index (κ1) is 18.5. The highest BCUT2D eigenvalue weighted by Crippen LogP contribution is 2.23. The van der Waals surface area contributed by atoms with E-state index in [9.17, 15) is 4.79 Å². The lowest BCUT2D eigenvalue weighted by molar-refractivity contribution is -0.137. The second-order valence-corrected chi connectivity index (χ2v) is 7.68. The van der Waals surface area contributed by atoms with Crippen molar-refractivity contribution in [1.82, 2.24) is 9.80 Å². The van der Waals surface area contributed by atoms with Gasteiger partial charge in [0, 0.05) is 24.2 Å². The number of nitrogens with zero attached hydrogens (tertiary/aromatic N) is 2. The number of carbonyl (C=O) groups excluding carboxylic acids is 1. The summed E-state index contributed by atoms with van der Waals surface area (Å²) in [6, 6.07) is 5.90. The Labute approximate surface area is 156 Å². The Morgan fingerprint density at radius 1 is 1.20 bits per heavy atom. The molecule has 1 aromatic carbocycles. The fourth-order valence-corrected chi connectivity index (χ4v) is 4.02. The molecule has 5 heteroatoms. The van der Waals surface area contributed by atoms with Gasteiger partial charge >= 0.3 is 0 Å². The summed E-state index contributed by atoms with van der Waals surface area (Å²) in [5, 5.41) is 0.719. The van der Waals surface area contributed by atoms with Crippen molar-refractivity contribution in [3.8, 4) is 5.75 Å². The minimum Gasteiger partial charge on any atom is -0.484 e. The fraction of sp³-hybridized carbons (Fsp3) is 0.650. The first-order chi connectivity index (χ1) is 12.1. The van der Waals surface area contributed by atoms with Gasteiger partial charge < -0.3 is 14.5 Å². The minimum absolute atomic E-state index is 0.110. The molecule has 2 aliphatic rings. The Hall–Kier alpha value is -1.26. The fourth-order valence-electron chi connectivity index (χ4n) is 3.90. The van der Waals surface area contributed by atoms with Crippen LogP contribution in [0.2, 0.25) is 5.02 Å². The minimum atomic E-state index is 0.110. The maximum atomic E-state index is 12.7. The Morgan fingerprint density at radius 3 is 2.72 bits per heavy atom. The van der Waals surface area contributed by atoms with Crippen molar-refractivity contribution in [2.24, 2.45) is 0 Å². The summed E-state index contributed by atoms with van der Waals surface area (Å²) < 4.78 is 5.72. The van der Waals surface area contributed by atoms with E-state index in [1.54, 1.807) is 0 Å². The zero-order chi connectivity index (χ0) is 17.6. The molecule has 4 nitrogen and oxygen atoms in total. The maximum absolute atomic E-state index is 12.7. The lowest BCUT2D eigenvalue weighted by atomic mass is 9.99. The third-order valence-corrected chi connectivity index (χ3v) is 5.84. The summed E-state index contributed by atoms with van der Waals surface area (Å²) >= 11 is 6.04. The summed E-state index contributed by atoms with van der Waals surface area (Å²) in [6.07, 6.45) is 7.19. The average Bonchev–Trinajstić information content (AvgIpc) is 3.14. The number of hydrogen-bond acceptors (Lipinski definition) is 3. The van der Waals surface area contributed by atoms with E-state index < -0.39 is 0 Å². The molecule has 138 valence electrons. The number of amides is 1. The van der Waals surface area contributed by atoms with E-state index in [0.717, 1.165) is 42.9 Å². The number of halogens is 1. The molecule has 2 fully saturated rings. The Kier molecular flexibility index (Phi) is 6.60. The molecule has 1 unspecified atom stereocenters. The summed E-state index contributed by atoms with van der Waals surface area (Å²) in [7, 11) is 0. The average molecular weight is 365 g/mol. The molecule has 0 spiro atoms. The standard InChI is InChI=1S/C20H29ClN2O2/c1-16-14-18(7-8-19(16)21)25-15-20(24)23-12-3-2-6-17(23)9-13-22-10-4-5-11-22/h7-8,14,17H,2-6,9-13,15H2,1H3. The van der Waals surface area contributed by atoms with E-state index in [1.807, 2.05) is 25.1 Å². The van der Waals surface area contributed by atoms with E-state index in [2.05, 4.69) is 9.80 Å². The zero-order valence-electron chi connectivity index (χ0n) is 15.2. The van der Waals surface area contributed by atoms with Crippen LogP contribution in [0, 0.1) is 6.92 Å². The highest BCUT2D eigenvalue weighted by Gasteiger charge is 2.27. The first-order valence-electron chi connectivity index (χ1n) is 9.54. The molecule has 2 saturated heterocycles. The van der Waals surface area contributed by atoms with Gasteiger partial charge in [-0.3, -0.25) is 4.79 Å². The van der Waals surface area contributed by atoms with Crippen LogP contribution in [0.4, 0.5) is 0 Å². The van der Waals surface area contributed by atoms with Gasteiger partial charge in [-0.25, -0.2) is 0 Å². The highest BCUT2D eigenvalue weighted by atomic mass is 35.5. The van der Waals surface area contributed by atoms with Crippen LogP contribution in [-0.2, 0) is 4.79 Å². The van der Waals surface area contributed by atoms with Crippen LogP contribution in [0.1, 0.15) is 44.1 Å². The predicted octanol–water partition coefficient (Wildman–Crippen LogP) is 3.89. The number of carbonyl (C=O) groups is 1. The van der Waals surface area contributed by atoms with Crippen LogP contribution in [-0.4, -0.2) is 54.5 Å². The number of aryl methyl sites for hydroxylation is 1. The van der Waals surface area contributed by atoms with Crippen LogP contribution in [0.15, 0.2) is 18.2 Å². The van der Waals surface area contributed by atoms with Crippen LogP contribution in [0.25, 0.3) is 0 Å². The molecule has 1 atom stereocenters. The third-order valence-electron chi connectivity index (χ3n) is 5.42. The molecule has 0 saturated carbocycles. The van der Waals surface area contributed by atoms with E-state index in [0.29, 0.717) is 11.8 Å². The Bertz CT molecular complexity index is 587. The Balaban J connectivity index is 1.51. The number of benzene rings is 1. The van der Waals surface area contributed by atoms with Crippen molar-refractivity contribution >= 4 is 17.5 Å². The number of likely N-dealkylation sites (tertiary alicyclic amines) is 2. The van der Waals surface area contributed by atoms with Gasteiger partial charge in [-0.2, -0.15) is 0 Å². The number of rotatable bonds is 6. The van der Waals surface area contributed by atoms with Gasteiger partial charge in [-0.1, -0.05) is 11.6 Å². The molecule has 1 amide bonds. The molecule has 25 heavy (non-hydrogen) atoms. The lowest BCUT2D eigenvalue weighted by Gasteiger charge is -2.36. The molecule has 0 N–H and O–H groups in total. The molecule has 3 rings (SSSR count). The molecule has 0 aromatic heterocycles. The Morgan fingerprint density at radius 2 is 1.96 bits per heavy atom. The van der Waals surface area contributed by atoms with Crippen molar-refractivity contribution in [3.63, 3.8) is 0 Å².